The third-order valence-electron chi connectivity index (χ3n) is 3.95. The second-order valence-corrected chi connectivity index (χ2v) is 6.02. The Hall–Kier alpha value is -3.16. The van der Waals surface area contributed by atoms with Gasteiger partial charge >= 0.3 is 0 Å². The maximum Gasteiger partial charge on any atom is 0.264 e. The second kappa shape index (κ2) is 6.76. The van der Waals surface area contributed by atoms with Crippen molar-refractivity contribution in [3.8, 4) is 0 Å². The molecule has 2 aromatic heterocycles. The van der Waals surface area contributed by atoms with Gasteiger partial charge in [-0.05, 0) is 17.7 Å². The van der Waals surface area contributed by atoms with Crippen molar-refractivity contribution >= 4 is 22.6 Å². The Bertz CT molecular complexity index is 973. The highest BCUT2D eigenvalue weighted by atomic mass is 16.2. The first-order valence-corrected chi connectivity index (χ1v) is 7.86. The molecule has 0 aliphatic carbocycles. The number of nitrogens with zero attached hydrogens (tertiary/aromatic N) is 5. The van der Waals surface area contributed by atoms with Gasteiger partial charge in [0.05, 0.1) is 6.20 Å². The van der Waals surface area contributed by atoms with Gasteiger partial charge in [-0.2, -0.15) is 5.10 Å². The van der Waals surface area contributed by atoms with Gasteiger partial charge in [-0.15, -0.1) is 0 Å². The topological polar surface area (TPSA) is 85.1 Å². The first-order valence-electron chi connectivity index (χ1n) is 7.86. The van der Waals surface area contributed by atoms with E-state index in [9.17, 15) is 9.59 Å². The number of benzene rings is 1. The summed E-state index contributed by atoms with van der Waals surface area (Å²) in [6, 6.07) is 7.90. The fourth-order valence-corrected chi connectivity index (χ4v) is 2.54. The van der Waals surface area contributed by atoms with Gasteiger partial charge in [0.15, 0.2) is 5.65 Å². The second-order valence-electron chi connectivity index (χ2n) is 6.02. The van der Waals surface area contributed by atoms with Gasteiger partial charge in [-0.1, -0.05) is 12.1 Å². The first kappa shape index (κ1) is 16.7. The number of fused-ring (bicyclic) bond motifs is 1. The Morgan fingerprint density at radius 2 is 2.12 bits per heavy atom. The van der Waals surface area contributed by atoms with E-state index in [0.29, 0.717) is 17.6 Å². The van der Waals surface area contributed by atoms with Crippen LogP contribution in [0.15, 0.2) is 41.6 Å². The number of aromatic nitrogens is 4. The number of nitrogens with one attached hydrogen (secondary N) is 1. The number of aryl methyl sites for hydroxylation is 1. The van der Waals surface area contributed by atoms with Crippen molar-refractivity contribution in [2.24, 2.45) is 7.05 Å². The highest BCUT2D eigenvalue weighted by molar-refractivity contribution is 5.77. The SMILES string of the molecule is CN(C)c1cccc(CNC(=O)Cn2cnc3c(cnn3C)c2=O)c1. The van der Waals surface area contributed by atoms with E-state index in [4.69, 9.17) is 0 Å². The van der Waals surface area contributed by atoms with Gasteiger partial charge in [0.1, 0.15) is 18.3 Å². The minimum Gasteiger partial charge on any atom is -0.378 e. The Labute approximate surface area is 144 Å². The van der Waals surface area contributed by atoms with Crippen LogP contribution in [0.1, 0.15) is 5.56 Å². The highest BCUT2D eigenvalue weighted by Crippen LogP contribution is 2.13. The van der Waals surface area contributed by atoms with Crippen LogP contribution in [0.4, 0.5) is 5.69 Å². The predicted octanol–water partition coefficient (Wildman–Crippen LogP) is 0.512. The van der Waals surface area contributed by atoms with Crippen molar-refractivity contribution in [3.63, 3.8) is 0 Å². The summed E-state index contributed by atoms with van der Waals surface area (Å²) in [5.41, 5.74) is 2.28. The van der Waals surface area contributed by atoms with Crippen LogP contribution in [-0.4, -0.2) is 39.3 Å². The molecule has 8 heteroatoms. The van der Waals surface area contributed by atoms with E-state index in [0.717, 1.165) is 11.3 Å². The zero-order chi connectivity index (χ0) is 18.0. The maximum atomic E-state index is 12.4. The summed E-state index contributed by atoms with van der Waals surface area (Å²) in [7, 11) is 5.64. The summed E-state index contributed by atoms with van der Waals surface area (Å²) in [5, 5.41) is 7.24. The molecule has 0 bridgehead atoms. The van der Waals surface area contributed by atoms with Gasteiger partial charge < -0.3 is 10.2 Å². The highest BCUT2D eigenvalue weighted by Gasteiger charge is 2.10. The molecule has 0 fully saturated rings. The predicted molar refractivity (Wildman–Crippen MR) is 95.4 cm³/mol. The van der Waals surface area contributed by atoms with E-state index < -0.39 is 0 Å². The lowest BCUT2D eigenvalue weighted by Crippen LogP contribution is -2.32. The van der Waals surface area contributed by atoms with E-state index >= 15 is 0 Å². The molecule has 0 aliphatic heterocycles. The standard InChI is InChI=1S/C17H20N6O2/c1-21(2)13-6-4-5-12(7-13)8-18-15(24)10-23-11-19-16-14(17(23)25)9-20-22(16)3/h4-7,9,11H,8,10H2,1-3H3,(H,18,24). The average Bonchev–Trinajstić information content (AvgIpc) is 2.97. The fourth-order valence-electron chi connectivity index (χ4n) is 2.54. The number of anilines is 1. The lowest BCUT2D eigenvalue weighted by molar-refractivity contribution is -0.121. The minimum atomic E-state index is -0.275. The van der Waals surface area contributed by atoms with Crippen molar-refractivity contribution in [1.82, 2.24) is 24.6 Å². The molecule has 25 heavy (non-hydrogen) atoms. The van der Waals surface area contributed by atoms with Crippen LogP contribution in [0.25, 0.3) is 11.0 Å². The van der Waals surface area contributed by atoms with Crippen LogP contribution in [0.2, 0.25) is 0 Å². The zero-order valence-electron chi connectivity index (χ0n) is 14.4. The van der Waals surface area contributed by atoms with Crippen molar-refractivity contribution in [2.75, 3.05) is 19.0 Å². The van der Waals surface area contributed by atoms with E-state index in [1.165, 1.54) is 21.8 Å². The first-order chi connectivity index (χ1) is 12.0. The van der Waals surface area contributed by atoms with E-state index in [-0.39, 0.29) is 18.0 Å². The largest absolute Gasteiger partial charge is 0.378 e. The number of hydrogen-bond acceptors (Lipinski definition) is 5. The Balaban J connectivity index is 1.68. The third kappa shape index (κ3) is 3.52. The van der Waals surface area contributed by atoms with Crippen LogP contribution >= 0.6 is 0 Å². The maximum absolute atomic E-state index is 12.4. The third-order valence-corrected chi connectivity index (χ3v) is 3.95. The molecule has 8 nitrogen and oxygen atoms in total. The van der Waals surface area contributed by atoms with Crippen molar-refractivity contribution in [3.05, 3.63) is 52.7 Å². The van der Waals surface area contributed by atoms with E-state index in [2.05, 4.69) is 15.4 Å². The van der Waals surface area contributed by atoms with Crippen LogP contribution in [0.5, 0.6) is 0 Å². The average molecular weight is 340 g/mol. The molecule has 0 saturated heterocycles. The molecule has 0 radical (unpaired) electrons. The number of carbonyl (C=O) groups is 1. The molecule has 3 rings (SSSR count). The monoisotopic (exact) mass is 340 g/mol. The van der Waals surface area contributed by atoms with Gasteiger partial charge in [-0.3, -0.25) is 18.8 Å². The van der Waals surface area contributed by atoms with E-state index in [1.54, 1.807) is 7.05 Å². The fraction of sp³-hybridized carbons (Fsp3) is 0.294. The zero-order valence-corrected chi connectivity index (χ0v) is 14.4. The van der Waals surface area contributed by atoms with Crippen LogP contribution in [0, 0.1) is 0 Å². The molecule has 130 valence electrons. The number of amides is 1. The van der Waals surface area contributed by atoms with Crippen molar-refractivity contribution in [1.29, 1.82) is 0 Å². The Morgan fingerprint density at radius 1 is 1.32 bits per heavy atom. The molecular formula is C17H20N6O2. The molecule has 0 spiro atoms. The van der Waals surface area contributed by atoms with Crippen LogP contribution in [-0.2, 0) is 24.9 Å². The van der Waals surface area contributed by atoms with Gasteiger partial charge in [0.25, 0.3) is 5.56 Å². The summed E-state index contributed by atoms with van der Waals surface area (Å²) in [5.74, 6) is -0.248. The molecule has 1 aromatic carbocycles. The van der Waals surface area contributed by atoms with E-state index in [1.807, 2.05) is 43.3 Å². The smallest absolute Gasteiger partial charge is 0.264 e. The van der Waals surface area contributed by atoms with Gasteiger partial charge in [-0.25, -0.2) is 4.98 Å². The molecule has 1 N–H and O–H groups in total. The molecule has 0 aliphatic rings. The quantitative estimate of drug-likeness (QED) is 0.732. The number of carbonyl (C=O) groups excluding carboxylic acids is 1. The van der Waals surface area contributed by atoms with Gasteiger partial charge in [0, 0.05) is 33.4 Å². The summed E-state index contributed by atoms with van der Waals surface area (Å²) in [6.07, 6.45) is 2.84. The Kier molecular flexibility index (Phi) is 4.51. The van der Waals surface area contributed by atoms with Crippen molar-refractivity contribution in [2.45, 2.75) is 13.1 Å². The van der Waals surface area contributed by atoms with Crippen molar-refractivity contribution < 1.29 is 4.79 Å². The summed E-state index contributed by atoms with van der Waals surface area (Å²) in [4.78, 5) is 30.7. The molecule has 1 amide bonds. The molecule has 0 saturated carbocycles. The molecular weight excluding hydrogens is 320 g/mol. The van der Waals surface area contributed by atoms with Crippen LogP contribution in [0.3, 0.4) is 0 Å². The summed E-state index contributed by atoms with van der Waals surface area (Å²) < 4.78 is 2.81. The summed E-state index contributed by atoms with van der Waals surface area (Å²) in [6.45, 7) is 0.321. The molecule has 3 aromatic rings. The molecule has 2 heterocycles. The number of rotatable bonds is 5. The normalized spacial score (nSPS) is 10.8. The molecule has 0 unspecified atom stereocenters. The number of hydrogen-bond donors (Lipinski definition) is 1. The minimum absolute atomic E-state index is 0.0793. The Morgan fingerprint density at radius 3 is 2.88 bits per heavy atom. The molecule has 0 atom stereocenters. The lowest BCUT2D eigenvalue weighted by Gasteiger charge is -2.14. The summed E-state index contributed by atoms with van der Waals surface area (Å²) >= 11 is 0. The van der Waals surface area contributed by atoms with Gasteiger partial charge in [0.2, 0.25) is 5.91 Å². The van der Waals surface area contributed by atoms with Crippen LogP contribution < -0.4 is 15.8 Å². The lowest BCUT2D eigenvalue weighted by atomic mass is 10.2.